The molecule has 18 heavy (non-hydrogen) atoms. The highest BCUT2D eigenvalue weighted by Crippen LogP contribution is 2.18. The molecule has 94 valence electrons. The summed E-state index contributed by atoms with van der Waals surface area (Å²) in [5.74, 6) is 5.28. The maximum atomic E-state index is 13.1. The zero-order chi connectivity index (χ0) is 12.8. The number of aryl methyl sites for hydroxylation is 1. The molecule has 0 fully saturated rings. The van der Waals surface area contributed by atoms with E-state index >= 15 is 0 Å². The van der Waals surface area contributed by atoms with E-state index in [9.17, 15) is 4.39 Å². The number of benzene rings is 1. The van der Waals surface area contributed by atoms with Gasteiger partial charge in [0.2, 0.25) is 0 Å². The molecule has 1 heterocycles. The van der Waals surface area contributed by atoms with Gasteiger partial charge in [0.05, 0.1) is 0 Å². The Labute approximate surface area is 106 Å². The van der Waals surface area contributed by atoms with E-state index in [0.29, 0.717) is 0 Å². The first-order valence-electron chi connectivity index (χ1n) is 5.91. The zero-order valence-corrected chi connectivity index (χ0v) is 10.0. The Morgan fingerprint density at radius 1 is 1.22 bits per heavy atom. The van der Waals surface area contributed by atoms with Gasteiger partial charge in [-0.05, 0) is 42.7 Å². The number of hydrazine groups is 1. The number of aromatic nitrogens is 1. The van der Waals surface area contributed by atoms with Crippen LogP contribution in [0.25, 0.3) is 0 Å². The number of hydrogen-bond acceptors (Lipinski definition) is 3. The van der Waals surface area contributed by atoms with E-state index < -0.39 is 0 Å². The fraction of sp³-hybridized carbons (Fsp3) is 0.214. The van der Waals surface area contributed by atoms with Crippen LogP contribution in [0.15, 0.2) is 48.7 Å². The van der Waals surface area contributed by atoms with Gasteiger partial charge in [-0.15, -0.1) is 0 Å². The van der Waals surface area contributed by atoms with Crippen LogP contribution in [-0.2, 0) is 6.42 Å². The SMILES string of the molecule is NNC(CCc1ccccn1)c1cccc(F)c1. The van der Waals surface area contributed by atoms with Crippen LogP contribution in [0.2, 0.25) is 0 Å². The van der Waals surface area contributed by atoms with E-state index in [1.807, 2.05) is 24.3 Å². The smallest absolute Gasteiger partial charge is 0.123 e. The lowest BCUT2D eigenvalue weighted by Crippen LogP contribution is -2.28. The normalized spacial score (nSPS) is 12.3. The lowest BCUT2D eigenvalue weighted by Gasteiger charge is -2.16. The molecule has 0 saturated carbocycles. The number of nitrogens with two attached hydrogens (primary N) is 1. The van der Waals surface area contributed by atoms with Crippen molar-refractivity contribution in [1.82, 2.24) is 10.4 Å². The fourth-order valence-corrected chi connectivity index (χ4v) is 1.91. The Kier molecular flexibility index (Phi) is 4.39. The van der Waals surface area contributed by atoms with Gasteiger partial charge in [0, 0.05) is 17.9 Å². The summed E-state index contributed by atoms with van der Waals surface area (Å²) in [5, 5.41) is 0. The Morgan fingerprint density at radius 3 is 2.78 bits per heavy atom. The first-order chi connectivity index (χ1) is 8.79. The first kappa shape index (κ1) is 12.7. The highest BCUT2D eigenvalue weighted by molar-refractivity contribution is 5.20. The van der Waals surface area contributed by atoms with Crippen molar-refractivity contribution in [3.63, 3.8) is 0 Å². The number of rotatable bonds is 5. The van der Waals surface area contributed by atoms with Crippen LogP contribution in [-0.4, -0.2) is 4.98 Å². The van der Waals surface area contributed by atoms with Gasteiger partial charge in [-0.1, -0.05) is 18.2 Å². The monoisotopic (exact) mass is 245 g/mol. The van der Waals surface area contributed by atoms with Crippen molar-refractivity contribution in [1.29, 1.82) is 0 Å². The Hall–Kier alpha value is -1.78. The molecule has 0 saturated heterocycles. The standard InChI is InChI=1S/C14H16FN3/c15-12-5-3-4-11(10-12)14(18-16)8-7-13-6-1-2-9-17-13/h1-6,9-10,14,18H,7-8,16H2. The maximum Gasteiger partial charge on any atom is 0.123 e. The summed E-state index contributed by atoms with van der Waals surface area (Å²) in [4.78, 5) is 4.25. The summed E-state index contributed by atoms with van der Waals surface area (Å²) in [5.41, 5.74) is 4.58. The second-order valence-corrected chi connectivity index (χ2v) is 4.13. The predicted octanol–water partition coefficient (Wildman–Crippen LogP) is 2.36. The molecule has 3 nitrogen and oxygen atoms in total. The molecule has 1 unspecified atom stereocenters. The Balaban J connectivity index is 2.02. The zero-order valence-electron chi connectivity index (χ0n) is 10.0. The summed E-state index contributed by atoms with van der Waals surface area (Å²) < 4.78 is 13.1. The highest BCUT2D eigenvalue weighted by Gasteiger charge is 2.10. The summed E-state index contributed by atoms with van der Waals surface area (Å²) in [6.45, 7) is 0. The molecular formula is C14H16FN3. The van der Waals surface area contributed by atoms with E-state index in [4.69, 9.17) is 5.84 Å². The lowest BCUT2D eigenvalue weighted by molar-refractivity contribution is 0.509. The second kappa shape index (κ2) is 6.23. The minimum Gasteiger partial charge on any atom is -0.271 e. The second-order valence-electron chi connectivity index (χ2n) is 4.13. The Morgan fingerprint density at radius 2 is 2.11 bits per heavy atom. The van der Waals surface area contributed by atoms with Gasteiger partial charge in [-0.25, -0.2) is 4.39 Å². The van der Waals surface area contributed by atoms with E-state index in [-0.39, 0.29) is 11.9 Å². The van der Waals surface area contributed by atoms with E-state index in [1.165, 1.54) is 12.1 Å². The molecule has 0 aliphatic heterocycles. The summed E-state index contributed by atoms with van der Waals surface area (Å²) >= 11 is 0. The predicted molar refractivity (Wildman–Crippen MR) is 69.0 cm³/mol. The molecule has 2 rings (SSSR count). The maximum absolute atomic E-state index is 13.1. The first-order valence-corrected chi connectivity index (χ1v) is 5.91. The molecule has 0 aliphatic carbocycles. The van der Waals surface area contributed by atoms with Gasteiger partial charge in [-0.3, -0.25) is 16.3 Å². The topological polar surface area (TPSA) is 50.9 Å². The number of pyridine rings is 1. The average Bonchev–Trinajstić information content (AvgIpc) is 2.41. The van der Waals surface area contributed by atoms with Gasteiger partial charge < -0.3 is 0 Å². The van der Waals surface area contributed by atoms with Crippen molar-refractivity contribution >= 4 is 0 Å². The molecule has 2 aromatic rings. The van der Waals surface area contributed by atoms with Gasteiger partial charge in [-0.2, -0.15) is 0 Å². The van der Waals surface area contributed by atoms with Crippen LogP contribution < -0.4 is 11.3 Å². The van der Waals surface area contributed by atoms with E-state index in [2.05, 4.69) is 10.4 Å². The number of halogens is 1. The van der Waals surface area contributed by atoms with Gasteiger partial charge in [0.15, 0.2) is 0 Å². The van der Waals surface area contributed by atoms with Crippen molar-refractivity contribution < 1.29 is 4.39 Å². The Bertz CT molecular complexity index is 487. The molecule has 0 bridgehead atoms. The van der Waals surface area contributed by atoms with E-state index in [0.717, 1.165) is 24.1 Å². The minimum atomic E-state index is -0.245. The van der Waals surface area contributed by atoms with Crippen LogP contribution in [0, 0.1) is 5.82 Å². The number of hydrogen-bond donors (Lipinski definition) is 2. The third-order valence-corrected chi connectivity index (χ3v) is 2.87. The third kappa shape index (κ3) is 3.35. The van der Waals surface area contributed by atoms with E-state index in [1.54, 1.807) is 12.3 Å². The fourth-order valence-electron chi connectivity index (χ4n) is 1.91. The van der Waals surface area contributed by atoms with Crippen molar-refractivity contribution in [3.05, 3.63) is 65.7 Å². The largest absolute Gasteiger partial charge is 0.271 e. The van der Waals surface area contributed by atoms with Crippen LogP contribution in [0.3, 0.4) is 0 Å². The lowest BCUT2D eigenvalue weighted by atomic mass is 10.0. The molecule has 0 spiro atoms. The minimum absolute atomic E-state index is 0.0669. The molecular weight excluding hydrogens is 229 g/mol. The van der Waals surface area contributed by atoms with Gasteiger partial charge in [0.1, 0.15) is 5.82 Å². The summed E-state index contributed by atoms with van der Waals surface area (Å²) in [6, 6.07) is 12.2. The molecule has 1 atom stereocenters. The third-order valence-electron chi connectivity index (χ3n) is 2.87. The highest BCUT2D eigenvalue weighted by atomic mass is 19.1. The molecule has 4 heteroatoms. The number of nitrogens with one attached hydrogen (secondary N) is 1. The molecule has 0 aliphatic rings. The summed E-state index contributed by atoms with van der Waals surface area (Å²) in [7, 11) is 0. The summed E-state index contributed by atoms with van der Waals surface area (Å²) in [6.07, 6.45) is 3.34. The van der Waals surface area contributed by atoms with Crippen LogP contribution in [0.1, 0.15) is 23.7 Å². The van der Waals surface area contributed by atoms with Crippen molar-refractivity contribution in [3.8, 4) is 0 Å². The van der Waals surface area contributed by atoms with Crippen molar-refractivity contribution in [2.75, 3.05) is 0 Å². The molecule has 0 amide bonds. The quantitative estimate of drug-likeness (QED) is 0.628. The van der Waals surface area contributed by atoms with Crippen molar-refractivity contribution in [2.24, 2.45) is 5.84 Å². The van der Waals surface area contributed by atoms with Gasteiger partial charge in [0.25, 0.3) is 0 Å². The molecule has 1 aromatic heterocycles. The average molecular weight is 245 g/mol. The molecule has 0 radical (unpaired) electrons. The van der Waals surface area contributed by atoms with Crippen LogP contribution >= 0.6 is 0 Å². The molecule has 3 N–H and O–H groups in total. The van der Waals surface area contributed by atoms with Gasteiger partial charge >= 0.3 is 0 Å². The van der Waals surface area contributed by atoms with Crippen LogP contribution in [0.5, 0.6) is 0 Å². The van der Waals surface area contributed by atoms with Crippen molar-refractivity contribution in [2.45, 2.75) is 18.9 Å². The number of nitrogens with zero attached hydrogens (tertiary/aromatic N) is 1. The molecule has 1 aromatic carbocycles. The van der Waals surface area contributed by atoms with Crippen LogP contribution in [0.4, 0.5) is 4.39 Å².